The van der Waals surface area contributed by atoms with Gasteiger partial charge in [0.2, 0.25) is 5.91 Å². The summed E-state index contributed by atoms with van der Waals surface area (Å²) in [5, 5.41) is 3.32. The van der Waals surface area contributed by atoms with E-state index in [9.17, 15) is 13.2 Å². The normalized spacial score (nSPS) is 22.6. The van der Waals surface area contributed by atoms with E-state index in [4.69, 9.17) is 5.73 Å². The van der Waals surface area contributed by atoms with E-state index in [-0.39, 0.29) is 17.9 Å². The number of amides is 1. The van der Waals surface area contributed by atoms with Crippen molar-refractivity contribution in [3.63, 3.8) is 0 Å². The molecule has 2 aliphatic rings. The number of hydrogen-bond donors (Lipinski definition) is 2. The lowest BCUT2D eigenvalue weighted by Gasteiger charge is -2.46. The molecule has 2 aliphatic heterocycles. The van der Waals surface area contributed by atoms with Crippen molar-refractivity contribution < 1.29 is 13.2 Å². The summed E-state index contributed by atoms with van der Waals surface area (Å²) in [6.07, 6.45) is -0.0776. The fourth-order valence-corrected chi connectivity index (χ4v) is 3.88. The van der Waals surface area contributed by atoms with Crippen molar-refractivity contribution in [2.45, 2.75) is 12.5 Å². The molecule has 3 N–H and O–H groups in total. The molecule has 116 valence electrons. The quantitative estimate of drug-likeness (QED) is 0.558. The fraction of sp³-hybridized carbons (Fsp3) is 0.917. The average molecular weight is 304 g/mol. The highest BCUT2D eigenvalue weighted by Gasteiger charge is 2.32. The van der Waals surface area contributed by atoms with Crippen LogP contribution >= 0.6 is 0 Å². The van der Waals surface area contributed by atoms with Gasteiger partial charge in [-0.25, -0.2) is 8.42 Å². The van der Waals surface area contributed by atoms with Crippen molar-refractivity contribution in [1.82, 2.24) is 15.1 Å². The Bertz CT molecular complexity index is 428. The highest BCUT2D eigenvalue weighted by atomic mass is 32.2. The van der Waals surface area contributed by atoms with Crippen LogP contribution in [0, 0.1) is 0 Å². The van der Waals surface area contributed by atoms with Crippen LogP contribution in [0.5, 0.6) is 0 Å². The highest BCUT2D eigenvalue weighted by Crippen LogP contribution is 2.15. The zero-order valence-corrected chi connectivity index (χ0v) is 12.6. The van der Waals surface area contributed by atoms with Crippen LogP contribution < -0.4 is 11.1 Å². The van der Waals surface area contributed by atoms with Crippen LogP contribution in [-0.4, -0.2) is 87.5 Å². The van der Waals surface area contributed by atoms with E-state index >= 15 is 0 Å². The van der Waals surface area contributed by atoms with Gasteiger partial charge in [0.05, 0.1) is 11.5 Å². The number of nitrogens with two attached hydrogens (primary N) is 1. The molecule has 7 nitrogen and oxygen atoms in total. The molecule has 0 aromatic carbocycles. The molecule has 0 radical (unpaired) electrons. The van der Waals surface area contributed by atoms with Gasteiger partial charge in [-0.2, -0.15) is 0 Å². The lowest BCUT2D eigenvalue weighted by atomic mass is 10.1. The molecular formula is C12H24N4O3S. The number of nitrogens with one attached hydrogen (secondary N) is 1. The number of sulfone groups is 1. The number of primary amides is 1. The molecule has 2 fully saturated rings. The van der Waals surface area contributed by atoms with Gasteiger partial charge < -0.3 is 11.1 Å². The molecule has 0 atom stereocenters. The van der Waals surface area contributed by atoms with Crippen LogP contribution in [0.2, 0.25) is 0 Å². The van der Waals surface area contributed by atoms with Gasteiger partial charge in [-0.15, -0.1) is 0 Å². The zero-order chi connectivity index (χ0) is 14.6. The molecule has 0 spiro atoms. The summed E-state index contributed by atoms with van der Waals surface area (Å²) in [7, 11) is -3.16. The van der Waals surface area contributed by atoms with Crippen LogP contribution in [0.15, 0.2) is 0 Å². The van der Waals surface area contributed by atoms with Crippen molar-refractivity contribution in [1.29, 1.82) is 0 Å². The molecule has 0 saturated carbocycles. The topological polar surface area (TPSA) is 95.7 Å². The van der Waals surface area contributed by atoms with Crippen LogP contribution in [0.3, 0.4) is 0 Å². The first-order valence-corrected chi connectivity index (χ1v) is 8.94. The summed E-state index contributed by atoms with van der Waals surface area (Å²) in [5.74, 6) is -0.567. The molecule has 2 rings (SSSR count). The Morgan fingerprint density at radius 3 is 2.45 bits per heavy atom. The molecule has 0 unspecified atom stereocenters. The SMILES string of the molecule is NC(=O)CCS(=O)(=O)CCN1CC(N2CCNCC2)C1. The van der Waals surface area contributed by atoms with E-state index in [0.717, 1.165) is 39.3 Å². The zero-order valence-electron chi connectivity index (χ0n) is 11.8. The first-order valence-electron chi connectivity index (χ1n) is 7.12. The number of rotatable bonds is 7. The molecular weight excluding hydrogens is 280 g/mol. The Balaban J connectivity index is 1.63. The molecule has 2 heterocycles. The Morgan fingerprint density at radius 1 is 1.20 bits per heavy atom. The van der Waals surface area contributed by atoms with Crippen molar-refractivity contribution >= 4 is 15.7 Å². The predicted octanol–water partition coefficient (Wildman–Crippen LogP) is -2.13. The van der Waals surface area contributed by atoms with Crippen LogP contribution in [0.1, 0.15) is 6.42 Å². The third-order valence-electron chi connectivity index (χ3n) is 3.98. The molecule has 20 heavy (non-hydrogen) atoms. The summed E-state index contributed by atoms with van der Waals surface area (Å²) in [5.41, 5.74) is 4.97. The Labute approximate surface area is 120 Å². The highest BCUT2D eigenvalue weighted by molar-refractivity contribution is 7.91. The second-order valence-corrected chi connectivity index (χ2v) is 7.87. The maximum absolute atomic E-state index is 11.7. The minimum atomic E-state index is -3.16. The van der Waals surface area contributed by atoms with E-state index in [1.165, 1.54) is 0 Å². The standard InChI is InChI=1S/C12H24N4O3S/c13-12(17)1-7-20(18,19)8-6-15-9-11(10-15)16-4-2-14-3-5-16/h11,14H,1-10H2,(H2,13,17). The number of likely N-dealkylation sites (tertiary alicyclic amines) is 1. The van der Waals surface area contributed by atoms with Gasteiger partial charge in [-0.1, -0.05) is 0 Å². The number of carbonyl (C=O) groups is 1. The van der Waals surface area contributed by atoms with E-state index < -0.39 is 15.7 Å². The average Bonchev–Trinajstić information content (AvgIpc) is 2.36. The van der Waals surface area contributed by atoms with E-state index in [2.05, 4.69) is 15.1 Å². The summed E-state index contributed by atoms with van der Waals surface area (Å²) >= 11 is 0. The summed E-state index contributed by atoms with van der Waals surface area (Å²) in [6.45, 7) is 6.70. The minimum absolute atomic E-state index is 0.0776. The fourth-order valence-electron chi connectivity index (χ4n) is 2.63. The van der Waals surface area contributed by atoms with Gasteiger partial charge in [-0.3, -0.25) is 14.6 Å². The van der Waals surface area contributed by atoms with Crippen LogP contribution in [0.25, 0.3) is 0 Å². The van der Waals surface area contributed by atoms with Crippen molar-refractivity contribution in [2.24, 2.45) is 5.73 Å². The third-order valence-corrected chi connectivity index (χ3v) is 5.61. The molecule has 0 aromatic rings. The van der Waals surface area contributed by atoms with E-state index in [1.54, 1.807) is 0 Å². The molecule has 2 saturated heterocycles. The largest absolute Gasteiger partial charge is 0.370 e. The molecule has 0 bridgehead atoms. The Morgan fingerprint density at radius 2 is 1.85 bits per heavy atom. The van der Waals surface area contributed by atoms with Gasteiger partial charge in [0.25, 0.3) is 0 Å². The first-order chi connectivity index (χ1) is 9.46. The Kier molecular flexibility index (Phi) is 5.36. The molecule has 0 aromatic heterocycles. The summed E-state index contributed by atoms with van der Waals surface area (Å²) < 4.78 is 23.4. The van der Waals surface area contributed by atoms with E-state index in [1.807, 2.05) is 0 Å². The lowest BCUT2D eigenvalue weighted by molar-refractivity contribution is -0.117. The number of carbonyl (C=O) groups excluding carboxylic acids is 1. The van der Waals surface area contributed by atoms with Crippen molar-refractivity contribution in [3.8, 4) is 0 Å². The van der Waals surface area contributed by atoms with Crippen molar-refractivity contribution in [2.75, 3.05) is 57.3 Å². The lowest BCUT2D eigenvalue weighted by Crippen LogP contribution is -2.63. The summed E-state index contributed by atoms with van der Waals surface area (Å²) in [4.78, 5) is 15.2. The van der Waals surface area contributed by atoms with Crippen LogP contribution in [0.4, 0.5) is 0 Å². The van der Waals surface area contributed by atoms with Crippen molar-refractivity contribution in [3.05, 3.63) is 0 Å². The van der Waals surface area contributed by atoms with Gasteiger partial charge in [-0.05, 0) is 0 Å². The molecule has 8 heteroatoms. The van der Waals surface area contributed by atoms with Crippen LogP contribution in [-0.2, 0) is 14.6 Å². The number of hydrogen-bond acceptors (Lipinski definition) is 6. The van der Waals surface area contributed by atoms with Gasteiger partial charge >= 0.3 is 0 Å². The Hall–Kier alpha value is -0.700. The van der Waals surface area contributed by atoms with E-state index in [0.29, 0.717) is 12.6 Å². The molecule has 1 amide bonds. The monoisotopic (exact) mass is 304 g/mol. The van der Waals surface area contributed by atoms with Gasteiger partial charge in [0, 0.05) is 58.3 Å². The smallest absolute Gasteiger partial charge is 0.218 e. The molecule has 0 aliphatic carbocycles. The second-order valence-electron chi connectivity index (χ2n) is 5.57. The number of piperazine rings is 1. The van der Waals surface area contributed by atoms with Gasteiger partial charge in [0.15, 0.2) is 9.84 Å². The van der Waals surface area contributed by atoms with Gasteiger partial charge in [0.1, 0.15) is 0 Å². The maximum atomic E-state index is 11.7. The third kappa shape index (κ3) is 4.69. The number of nitrogens with zero attached hydrogens (tertiary/aromatic N) is 2. The minimum Gasteiger partial charge on any atom is -0.370 e. The first kappa shape index (κ1) is 15.7. The summed E-state index contributed by atoms with van der Waals surface area (Å²) in [6, 6.07) is 0.574. The second kappa shape index (κ2) is 6.84. The maximum Gasteiger partial charge on any atom is 0.218 e. The predicted molar refractivity (Wildman–Crippen MR) is 77.1 cm³/mol.